The molecule has 98 valence electrons. The van der Waals surface area contributed by atoms with Crippen molar-refractivity contribution in [3.63, 3.8) is 0 Å². The number of hydrogen-bond acceptors (Lipinski definition) is 2. The second-order valence-electron chi connectivity index (χ2n) is 4.52. The summed E-state index contributed by atoms with van der Waals surface area (Å²) in [4.78, 5) is 21.0. The summed E-state index contributed by atoms with van der Waals surface area (Å²) in [7, 11) is 0. The molecule has 0 spiro atoms. The zero-order valence-electron chi connectivity index (χ0n) is 9.60. The molecular weight excluding hydrogens is 306 g/mol. The summed E-state index contributed by atoms with van der Waals surface area (Å²) in [6.07, 6.45) is 2.63. The maximum Gasteiger partial charge on any atom is 0.231 e. The maximum atomic E-state index is 11.0. The molecule has 2 unspecified atom stereocenters. The van der Waals surface area contributed by atoms with Gasteiger partial charge in [0.25, 0.3) is 0 Å². The predicted octanol–water partition coefficient (Wildman–Crippen LogP) is 4.13. The SMILES string of the molecule is CCC1(C(=O)Cl)C(C)C1(Cl)Cl.O=C(Cl)C1CC1. The van der Waals surface area contributed by atoms with E-state index in [-0.39, 0.29) is 17.1 Å². The minimum atomic E-state index is -0.944. The first-order valence-corrected chi connectivity index (χ1v) is 7.00. The Morgan fingerprint density at radius 1 is 1.24 bits per heavy atom. The van der Waals surface area contributed by atoms with Crippen LogP contribution in [0.3, 0.4) is 0 Å². The Bertz CT molecular complexity index is 338. The molecule has 2 rings (SSSR count). The molecule has 0 radical (unpaired) electrons. The van der Waals surface area contributed by atoms with Gasteiger partial charge in [-0.25, -0.2) is 0 Å². The van der Waals surface area contributed by atoms with E-state index in [1.54, 1.807) is 0 Å². The lowest BCUT2D eigenvalue weighted by Crippen LogP contribution is -2.16. The van der Waals surface area contributed by atoms with Crippen LogP contribution in [-0.2, 0) is 9.59 Å². The molecule has 17 heavy (non-hydrogen) atoms. The van der Waals surface area contributed by atoms with E-state index in [1.807, 2.05) is 13.8 Å². The van der Waals surface area contributed by atoms with Gasteiger partial charge in [-0.05, 0) is 42.5 Å². The summed E-state index contributed by atoms with van der Waals surface area (Å²) < 4.78 is -0.944. The van der Waals surface area contributed by atoms with E-state index < -0.39 is 15.0 Å². The molecule has 2 aliphatic carbocycles. The second-order valence-corrected chi connectivity index (χ2v) is 6.62. The predicted molar refractivity (Wildman–Crippen MR) is 70.8 cm³/mol. The topological polar surface area (TPSA) is 34.1 Å². The minimum Gasteiger partial charge on any atom is -0.281 e. The molecule has 0 bridgehead atoms. The average Bonchev–Trinajstić information content (AvgIpc) is 3.07. The highest BCUT2D eigenvalue weighted by Gasteiger charge is 2.76. The summed E-state index contributed by atoms with van der Waals surface area (Å²) in [6.45, 7) is 3.70. The van der Waals surface area contributed by atoms with Crippen molar-refractivity contribution in [3.8, 4) is 0 Å². The monoisotopic (exact) mass is 318 g/mol. The fraction of sp³-hybridized carbons (Fsp3) is 0.818. The van der Waals surface area contributed by atoms with E-state index >= 15 is 0 Å². The van der Waals surface area contributed by atoms with Crippen LogP contribution in [0.15, 0.2) is 0 Å². The van der Waals surface area contributed by atoms with Crippen LogP contribution >= 0.6 is 46.4 Å². The van der Waals surface area contributed by atoms with Gasteiger partial charge in [-0.3, -0.25) is 9.59 Å². The Hall–Kier alpha value is 0.500. The van der Waals surface area contributed by atoms with Crippen molar-refractivity contribution in [2.24, 2.45) is 17.3 Å². The van der Waals surface area contributed by atoms with E-state index in [9.17, 15) is 9.59 Å². The van der Waals surface area contributed by atoms with E-state index in [4.69, 9.17) is 46.4 Å². The first-order chi connectivity index (χ1) is 7.71. The number of alkyl halides is 2. The molecular formula is C11H14Cl4O2. The van der Waals surface area contributed by atoms with Gasteiger partial charge in [0, 0.05) is 11.8 Å². The normalized spacial score (nSPS) is 33.4. The molecule has 0 saturated heterocycles. The highest BCUT2D eigenvalue weighted by molar-refractivity contribution is 6.69. The van der Waals surface area contributed by atoms with Crippen molar-refractivity contribution < 1.29 is 9.59 Å². The van der Waals surface area contributed by atoms with Crippen molar-refractivity contribution in [3.05, 3.63) is 0 Å². The van der Waals surface area contributed by atoms with E-state index in [1.165, 1.54) is 0 Å². The van der Waals surface area contributed by atoms with E-state index in [0.29, 0.717) is 6.42 Å². The van der Waals surface area contributed by atoms with Crippen molar-refractivity contribution in [1.82, 2.24) is 0 Å². The van der Waals surface area contributed by atoms with E-state index in [2.05, 4.69) is 0 Å². The fourth-order valence-corrected chi connectivity index (χ4v) is 3.72. The first-order valence-electron chi connectivity index (χ1n) is 5.48. The van der Waals surface area contributed by atoms with Gasteiger partial charge < -0.3 is 0 Å². The summed E-state index contributed by atoms with van der Waals surface area (Å²) in [5.74, 6) is 0.194. The van der Waals surface area contributed by atoms with Gasteiger partial charge in [-0.15, -0.1) is 23.2 Å². The van der Waals surface area contributed by atoms with Crippen molar-refractivity contribution in [2.45, 2.75) is 37.4 Å². The van der Waals surface area contributed by atoms with Crippen LogP contribution in [0.2, 0.25) is 0 Å². The number of halogens is 4. The number of carbonyl (C=O) groups is 2. The minimum absolute atomic E-state index is 0.0340. The molecule has 0 N–H and O–H groups in total. The lowest BCUT2D eigenvalue weighted by molar-refractivity contribution is -0.117. The fourth-order valence-electron chi connectivity index (χ4n) is 1.93. The summed E-state index contributed by atoms with van der Waals surface area (Å²) >= 11 is 22.2. The second kappa shape index (κ2) is 5.24. The molecule has 0 amide bonds. The van der Waals surface area contributed by atoms with Gasteiger partial charge in [0.05, 0.1) is 5.41 Å². The summed E-state index contributed by atoms with van der Waals surface area (Å²) in [6, 6.07) is 0. The van der Waals surface area contributed by atoms with Crippen LogP contribution in [0.25, 0.3) is 0 Å². The van der Waals surface area contributed by atoms with Gasteiger partial charge in [0.1, 0.15) is 4.33 Å². The first kappa shape index (κ1) is 15.6. The average molecular weight is 320 g/mol. The van der Waals surface area contributed by atoms with Crippen LogP contribution in [0.1, 0.15) is 33.1 Å². The highest BCUT2D eigenvalue weighted by Crippen LogP contribution is 2.71. The van der Waals surface area contributed by atoms with Crippen LogP contribution in [0, 0.1) is 17.3 Å². The van der Waals surface area contributed by atoms with Crippen LogP contribution in [0.4, 0.5) is 0 Å². The standard InChI is InChI=1S/C7H9Cl3O.C4H5ClO/c1-3-6(5(8)11)4(2)7(6,9)10;5-4(6)3-1-2-3/h4H,3H2,1-2H3;3H,1-2H2. The Kier molecular flexibility index (Phi) is 4.80. The van der Waals surface area contributed by atoms with Gasteiger partial charge in [-0.2, -0.15) is 0 Å². The molecule has 0 aliphatic heterocycles. The Morgan fingerprint density at radius 3 is 1.65 bits per heavy atom. The van der Waals surface area contributed by atoms with Crippen molar-refractivity contribution >= 4 is 56.9 Å². The Morgan fingerprint density at radius 2 is 1.65 bits per heavy atom. The van der Waals surface area contributed by atoms with Crippen LogP contribution < -0.4 is 0 Å². The summed E-state index contributed by atoms with van der Waals surface area (Å²) in [5.41, 5.74) is -0.697. The number of hydrogen-bond donors (Lipinski definition) is 0. The smallest absolute Gasteiger partial charge is 0.231 e. The van der Waals surface area contributed by atoms with Crippen LogP contribution in [0.5, 0.6) is 0 Å². The largest absolute Gasteiger partial charge is 0.281 e. The molecule has 6 heteroatoms. The molecule has 0 heterocycles. The quantitative estimate of drug-likeness (QED) is 0.579. The zero-order valence-corrected chi connectivity index (χ0v) is 12.6. The number of carbonyl (C=O) groups excluding carboxylic acids is 2. The number of rotatable bonds is 3. The molecule has 2 aliphatic rings. The summed E-state index contributed by atoms with van der Waals surface area (Å²) in [5, 5.41) is -0.576. The molecule has 2 atom stereocenters. The van der Waals surface area contributed by atoms with Crippen LogP contribution in [-0.4, -0.2) is 14.8 Å². The molecule has 0 aromatic carbocycles. The van der Waals surface area contributed by atoms with Crippen molar-refractivity contribution in [2.75, 3.05) is 0 Å². The molecule has 0 aromatic heterocycles. The van der Waals surface area contributed by atoms with Gasteiger partial charge >= 0.3 is 0 Å². The van der Waals surface area contributed by atoms with E-state index in [0.717, 1.165) is 12.8 Å². The third-order valence-corrected chi connectivity index (χ3v) is 5.58. The van der Waals surface area contributed by atoms with Crippen molar-refractivity contribution in [1.29, 1.82) is 0 Å². The molecule has 2 nitrogen and oxygen atoms in total. The zero-order chi connectivity index (χ0) is 13.4. The van der Waals surface area contributed by atoms with Gasteiger partial charge in [-0.1, -0.05) is 13.8 Å². The van der Waals surface area contributed by atoms with Gasteiger partial charge in [0.2, 0.25) is 10.5 Å². The van der Waals surface area contributed by atoms with Gasteiger partial charge in [0.15, 0.2) is 0 Å². The Balaban J connectivity index is 0.000000202. The molecule has 0 aromatic rings. The lowest BCUT2D eigenvalue weighted by atomic mass is 10.0. The highest BCUT2D eigenvalue weighted by atomic mass is 35.5. The third kappa shape index (κ3) is 2.75. The lowest BCUT2D eigenvalue weighted by Gasteiger charge is -2.08. The molecule has 2 saturated carbocycles. The maximum absolute atomic E-state index is 11.0. The third-order valence-electron chi connectivity index (χ3n) is 3.60. The Labute approximate surface area is 121 Å². The molecule has 2 fully saturated rings.